The average Bonchev–Trinajstić information content (AvgIpc) is 3.03. The molecule has 1 aromatic carbocycles. The van der Waals surface area contributed by atoms with E-state index in [2.05, 4.69) is 10.3 Å². The largest absolute Gasteiger partial charge is 0.395 e. The highest BCUT2D eigenvalue weighted by atomic mass is 32.2. The monoisotopic (exact) mass is 305 g/mol. The van der Waals surface area contributed by atoms with Gasteiger partial charge >= 0.3 is 0 Å². The van der Waals surface area contributed by atoms with Gasteiger partial charge in [-0.05, 0) is 37.4 Å². The number of benzene rings is 1. The van der Waals surface area contributed by atoms with Gasteiger partial charge in [-0.3, -0.25) is 4.79 Å². The Hall–Kier alpha value is -1.79. The number of imidazole rings is 1. The number of aliphatic hydroxyl groups excluding tert-OH is 1. The molecule has 2 N–H and O–H groups in total. The van der Waals surface area contributed by atoms with Gasteiger partial charge in [-0.15, -0.1) is 0 Å². The van der Waals surface area contributed by atoms with Crippen LogP contribution in [0.15, 0.2) is 43.0 Å². The summed E-state index contributed by atoms with van der Waals surface area (Å²) in [6.45, 7) is 1.94. The van der Waals surface area contributed by atoms with Crippen LogP contribution in [-0.2, 0) is 0 Å². The van der Waals surface area contributed by atoms with E-state index in [0.717, 1.165) is 5.69 Å². The molecular weight excluding hydrogens is 286 g/mol. The van der Waals surface area contributed by atoms with Crippen molar-refractivity contribution in [2.75, 3.05) is 12.9 Å². The highest BCUT2D eigenvalue weighted by molar-refractivity contribution is 7.99. The Morgan fingerprint density at radius 3 is 2.67 bits per heavy atom. The zero-order valence-corrected chi connectivity index (χ0v) is 12.9. The summed E-state index contributed by atoms with van der Waals surface area (Å²) in [4.78, 5) is 16.2. The molecule has 5 nitrogen and oxygen atoms in total. The van der Waals surface area contributed by atoms with E-state index in [4.69, 9.17) is 0 Å². The maximum Gasteiger partial charge on any atom is 0.251 e. The van der Waals surface area contributed by atoms with Crippen LogP contribution in [0.1, 0.15) is 17.3 Å². The minimum absolute atomic E-state index is 0.000767. The molecule has 2 unspecified atom stereocenters. The van der Waals surface area contributed by atoms with E-state index in [1.807, 2.05) is 36.1 Å². The lowest BCUT2D eigenvalue weighted by molar-refractivity contribution is 0.0936. The van der Waals surface area contributed by atoms with Crippen LogP contribution < -0.4 is 5.32 Å². The zero-order valence-electron chi connectivity index (χ0n) is 12.1. The van der Waals surface area contributed by atoms with Crippen LogP contribution in [0.5, 0.6) is 0 Å². The summed E-state index contributed by atoms with van der Waals surface area (Å²) >= 11 is 1.54. The lowest BCUT2D eigenvalue weighted by atomic mass is 10.1. The number of hydrogen-bond donors (Lipinski definition) is 2. The van der Waals surface area contributed by atoms with Gasteiger partial charge in [0.25, 0.3) is 5.91 Å². The minimum Gasteiger partial charge on any atom is -0.395 e. The van der Waals surface area contributed by atoms with Crippen molar-refractivity contribution in [1.82, 2.24) is 14.9 Å². The van der Waals surface area contributed by atoms with Crippen LogP contribution in [0.4, 0.5) is 0 Å². The van der Waals surface area contributed by atoms with Gasteiger partial charge in [0.2, 0.25) is 0 Å². The number of rotatable bonds is 6. The first-order chi connectivity index (χ1) is 10.2. The molecule has 112 valence electrons. The zero-order chi connectivity index (χ0) is 15.2. The van der Waals surface area contributed by atoms with Crippen molar-refractivity contribution >= 4 is 17.7 Å². The number of nitrogens with zero attached hydrogens (tertiary/aromatic N) is 2. The maximum atomic E-state index is 12.2. The normalized spacial score (nSPS) is 13.7. The molecule has 21 heavy (non-hydrogen) atoms. The lowest BCUT2D eigenvalue weighted by Crippen LogP contribution is -2.41. The Labute approximate surface area is 128 Å². The van der Waals surface area contributed by atoms with Crippen molar-refractivity contribution in [2.24, 2.45) is 0 Å². The van der Waals surface area contributed by atoms with Gasteiger partial charge in [-0.2, -0.15) is 11.8 Å². The van der Waals surface area contributed by atoms with Crippen LogP contribution in [0, 0.1) is 0 Å². The van der Waals surface area contributed by atoms with Gasteiger partial charge in [-0.25, -0.2) is 4.98 Å². The number of thioether (sulfide) groups is 1. The topological polar surface area (TPSA) is 67.2 Å². The number of amides is 1. The molecule has 2 aromatic rings. The van der Waals surface area contributed by atoms with E-state index in [1.165, 1.54) is 0 Å². The minimum atomic E-state index is -0.132. The molecule has 0 aliphatic carbocycles. The third-order valence-corrected chi connectivity index (χ3v) is 4.49. The number of carbonyl (C=O) groups excluding carboxylic acids is 1. The van der Waals surface area contributed by atoms with Crippen LogP contribution in [0.3, 0.4) is 0 Å². The van der Waals surface area contributed by atoms with Crippen molar-refractivity contribution in [3.63, 3.8) is 0 Å². The molecule has 0 radical (unpaired) electrons. The van der Waals surface area contributed by atoms with Gasteiger partial charge < -0.3 is 15.0 Å². The quantitative estimate of drug-likeness (QED) is 0.852. The highest BCUT2D eigenvalue weighted by Gasteiger charge is 2.18. The molecule has 0 fully saturated rings. The number of nitrogens with one attached hydrogen (secondary N) is 1. The molecule has 6 heteroatoms. The second kappa shape index (κ2) is 7.28. The standard InChI is InChI=1S/C15H19N3O2S/c1-11(14(9-19)21-2)17-15(20)12-3-5-13(6-4-12)18-8-7-16-10-18/h3-8,10-11,14,19H,9H2,1-2H3,(H,17,20). The average molecular weight is 305 g/mol. The number of aromatic nitrogens is 2. The molecule has 0 aliphatic rings. The summed E-state index contributed by atoms with van der Waals surface area (Å²) in [6, 6.07) is 7.22. The second-order valence-corrected chi connectivity index (χ2v) is 5.81. The first kappa shape index (κ1) is 15.6. The first-order valence-electron chi connectivity index (χ1n) is 6.68. The molecule has 1 aromatic heterocycles. The van der Waals surface area contributed by atoms with E-state index >= 15 is 0 Å². The van der Waals surface area contributed by atoms with Gasteiger partial charge in [0.1, 0.15) is 0 Å². The third-order valence-electron chi connectivity index (χ3n) is 3.33. The molecule has 0 saturated carbocycles. The third kappa shape index (κ3) is 3.86. The van der Waals surface area contributed by atoms with E-state index in [-0.39, 0.29) is 23.8 Å². The molecule has 0 bridgehead atoms. The number of hydrogen-bond acceptors (Lipinski definition) is 4. The molecule has 1 amide bonds. The predicted molar refractivity (Wildman–Crippen MR) is 84.9 cm³/mol. The summed E-state index contributed by atoms with van der Waals surface area (Å²) in [5.74, 6) is -0.132. The van der Waals surface area contributed by atoms with Crippen LogP contribution >= 0.6 is 11.8 Å². The van der Waals surface area contributed by atoms with Gasteiger partial charge in [0.15, 0.2) is 0 Å². The Morgan fingerprint density at radius 1 is 1.43 bits per heavy atom. The van der Waals surface area contributed by atoms with E-state index in [1.54, 1.807) is 36.4 Å². The summed E-state index contributed by atoms with van der Waals surface area (Å²) in [6.07, 6.45) is 7.19. The molecule has 0 aliphatic heterocycles. The van der Waals surface area contributed by atoms with Crippen molar-refractivity contribution < 1.29 is 9.90 Å². The van der Waals surface area contributed by atoms with Gasteiger partial charge in [-0.1, -0.05) is 0 Å². The highest BCUT2D eigenvalue weighted by Crippen LogP contribution is 2.12. The summed E-state index contributed by atoms with van der Waals surface area (Å²) in [7, 11) is 0. The first-order valence-corrected chi connectivity index (χ1v) is 7.97. The Bertz CT molecular complexity index is 565. The number of carbonyl (C=O) groups is 1. The summed E-state index contributed by atoms with van der Waals surface area (Å²) < 4.78 is 1.87. The van der Waals surface area contributed by atoms with Crippen molar-refractivity contribution in [2.45, 2.75) is 18.2 Å². The molecule has 0 spiro atoms. The van der Waals surface area contributed by atoms with Gasteiger partial charge in [0, 0.05) is 34.9 Å². The maximum absolute atomic E-state index is 12.2. The molecular formula is C15H19N3O2S. The SMILES string of the molecule is CSC(CO)C(C)NC(=O)c1ccc(-n2ccnc2)cc1. The molecule has 2 atom stereocenters. The molecule has 2 rings (SSSR count). The van der Waals surface area contributed by atoms with E-state index in [9.17, 15) is 9.90 Å². The van der Waals surface area contributed by atoms with Gasteiger partial charge in [0.05, 0.1) is 12.9 Å². The van der Waals surface area contributed by atoms with E-state index in [0.29, 0.717) is 5.56 Å². The second-order valence-electron chi connectivity index (χ2n) is 4.74. The Kier molecular flexibility index (Phi) is 5.41. The van der Waals surface area contributed by atoms with Crippen LogP contribution in [0.25, 0.3) is 5.69 Å². The fourth-order valence-electron chi connectivity index (χ4n) is 2.02. The number of aliphatic hydroxyl groups is 1. The summed E-state index contributed by atoms with van der Waals surface area (Å²) in [5, 5.41) is 12.2. The predicted octanol–water partition coefficient (Wildman–Crippen LogP) is 1.71. The van der Waals surface area contributed by atoms with Crippen molar-refractivity contribution in [3.05, 3.63) is 48.5 Å². The van der Waals surface area contributed by atoms with Crippen molar-refractivity contribution in [3.8, 4) is 5.69 Å². The van der Waals surface area contributed by atoms with Crippen LogP contribution in [-0.4, -0.2) is 44.7 Å². The van der Waals surface area contributed by atoms with E-state index < -0.39 is 0 Å². The lowest BCUT2D eigenvalue weighted by Gasteiger charge is -2.21. The summed E-state index contributed by atoms with van der Waals surface area (Å²) in [5.41, 5.74) is 1.55. The molecule has 0 saturated heterocycles. The Morgan fingerprint density at radius 2 is 2.14 bits per heavy atom. The smallest absolute Gasteiger partial charge is 0.251 e. The van der Waals surface area contributed by atoms with Crippen molar-refractivity contribution in [1.29, 1.82) is 0 Å². The molecule has 1 heterocycles. The fraction of sp³-hybridized carbons (Fsp3) is 0.333. The fourth-order valence-corrected chi connectivity index (χ4v) is 2.64. The van der Waals surface area contributed by atoms with Crippen LogP contribution in [0.2, 0.25) is 0 Å². The Balaban J connectivity index is 2.03.